The molecule has 0 aromatic carbocycles. The first-order valence-corrected chi connectivity index (χ1v) is 8.30. The van der Waals surface area contributed by atoms with Gasteiger partial charge in [0.25, 0.3) is 0 Å². The molecule has 104 valence electrons. The van der Waals surface area contributed by atoms with Crippen molar-refractivity contribution in [2.24, 2.45) is 41.4 Å². The highest BCUT2D eigenvalue weighted by atomic mass is 16.2. The first-order chi connectivity index (χ1) is 9.29. The fourth-order valence-corrected chi connectivity index (χ4v) is 6.25. The second kappa shape index (κ2) is 3.75. The van der Waals surface area contributed by atoms with Gasteiger partial charge in [0.15, 0.2) is 0 Å². The van der Waals surface area contributed by atoms with Gasteiger partial charge >= 0.3 is 0 Å². The second-order valence-electron chi connectivity index (χ2n) is 7.98. The zero-order valence-electron chi connectivity index (χ0n) is 11.5. The lowest BCUT2D eigenvalue weighted by molar-refractivity contribution is -0.138. The van der Waals surface area contributed by atoms with Gasteiger partial charge in [0.1, 0.15) is 0 Å². The average molecular weight is 260 g/mol. The van der Waals surface area contributed by atoms with Crippen molar-refractivity contribution in [1.82, 2.24) is 10.6 Å². The Kier molecular flexibility index (Phi) is 2.20. The highest BCUT2D eigenvalue weighted by Gasteiger charge is 2.56. The van der Waals surface area contributed by atoms with E-state index in [4.69, 9.17) is 0 Å². The monoisotopic (exact) mass is 260 g/mol. The summed E-state index contributed by atoms with van der Waals surface area (Å²) >= 11 is 0. The molecule has 2 unspecified atom stereocenters. The smallest absolute Gasteiger partial charge is 0.223 e. The summed E-state index contributed by atoms with van der Waals surface area (Å²) in [4.78, 5) is 12.7. The lowest BCUT2D eigenvalue weighted by Gasteiger charge is -2.53. The number of rotatable bonds is 2. The summed E-state index contributed by atoms with van der Waals surface area (Å²) in [6.07, 6.45) is 6.88. The minimum Gasteiger partial charge on any atom is -0.352 e. The minimum absolute atomic E-state index is 0.377. The maximum absolute atomic E-state index is 12.7. The Morgan fingerprint density at radius 2 is 1.47 bits per heavy atom. The van der Waals surface area contributed by atoms with Gasteiger partial charge < -0.3 is 10.6 Å². The van der Waals surface area contributed by atoms with E-state index < -0.39 is 0 Å². The average Bonchev–Trinajstić information content (AvgIpc) is 2.82. The van der Waals surface area contributed by atoms with Crippen LogP contribution < -0.4 is 10.6 Å². The van der Waals surface area contributed by atoms with E-state index in [0.29, 0.717) is 17.9 Å². The third-order valence-electron chi connectivity index (χ3n) is 6.93. The van der Waals surface area contributed by atoms with E-state index in [1.807, 2.05) is 0 Å². The molecule has 1 amide bonds. The molecule has 0 radical (unpaired) electrons. The molecular weight excluding hydrogens is 236 g/mol. The molecule has 5 aliphatic carbocycles. The van der Waals surface area contributed by atoms with E-state index >= 15 is 0 Å². The Hall–Kier alpha value is -0.570. The molecule has 3 nitrogen and oxygen atoms in total. The van der Waals surface area contributed by atoms with Crippen molar-refractivity contribution in [3.05, 3.63) is 0 Å². The number of carbonyl (C=O) groups is 1. The summed E-state index contributed by atoms with van der Waals surface area (Å²) in [6, 6.07) is 0.519. The summed E-state index contributed by atoms with van der Waals surface area (Å²) < 4.78 is 0. The van der Waals surface area contributed by atoms with Crippen molar-refractivity contribution >= 4 is 5.91 Å². The molecule has 2 N–H and O–H groups in total. The molecule has 1 aliphatic heterocycles. The normalized spacial score (nSPS) is 57.1. The molecule has 6 fully saturated rings. The van der Waals surface area contributed by atoms with Crippen molar-refractivity contribution in [2.75, 3.05) is 13.1 Å². The van der Waals surface area contributed by atoms with Gasteiger partial charge in [0.05, 0.1) is 0 Å². The first-order valence-electron chi connectivity index (χ1n) is 8.30. The Morgan fingerprint density at radius 1 is 0.895 bits per heavy atom. The van der Waals surface area contributed by atoms with Crippen LogP contribution in [-0.2, 0) is 4.79 Å². The largest absolute Gasteiger partial charge is 0.352 e. The van der Waals surface area contributed by atoms with E-state index in [2.05, 4.69) is 10.6 Å². The van der Waals surface area contributed by atoms with Crippen LogP contribution in [0.3, 0.4) is 0 Å². The fraction of sp³-hybridized carbons (Fsp3) is 0.938. The maximum atomic E-state index is 12.7. The van der Waals surface area contributed by atoms with Crippen molar-refractivity contribution in [2.45, 2.75) is 38.1 Å². The third kappa shape index (κ3) is 1.57. The van der Waals surface area contributed by atoms with Crippen molar-refractivity contribution in [3.63, 3.8) is 0 Å². The van der Waals surface area contributed by atoms with Crippen molar-refractivity contribution in [3.8, 4) is 0 Å². The van der Waals surface area contributed by atoms with E-state index in [0.717, 1.165) is 48.6 Å². The molecule has 1 saturated heterocycles. The van der Waals surface area contributed by atoms with E-state index in [-0.39, 0.29) is 0 Å². The summed E-state index contributed by atoms with van der Waals surface area (Å²) in [6.45, 7) is 2.24. The van der Waals surface area contributed by atoms with Crippen molar-refractivity contribution < 1.29 is 4.79 Å². The second-order valence-corrected chi connectivity index (χ2v) is 7.98. The number of piperidine rings is 1. The molecular formula is C16H24N2O. The Balaban J connectivity index is 1.29. The molecule has 19 heavy (non-hydrogen) atoms. The lowest BCUT2D eigenvalue weighted by Crippen LogP contribution is -2.51. The molecule has 3 heteroatoms. The Labute approximate surface area is 114 Å². The number of fused-ring (bicyclic) bond motifs is 1. The van der Waals surface area contributed by atoms with Crippen LogP contribution in [0.5, 0.6) is 0 Å². The molecule has 6 rings (SSSR count). The number of nitrogens with one attached hydrogen (secondary N) is 2. The Bertz CT molecular complexity index is 383. The third-order valence-corrected chi connectivity index (χ3v) is 6.93. The van der Waals surface area contributed by atoms with Crippen LogP contribution in [0, 0.1) is 41.4 Å². The van der Waals surface area contributed by atoms with Gasteiger partial charge in [-0.05, 0) is 67.6 Å². The van der Waals surface area contributed by atoms with Gasteiger partial charge in [-0.2, -0.15) is 0 Å². The fourth-order valence-electron chi connectivity index (χ4n) is 6.25. The van der Waals surface area contributed by atoms with Crippen LogP contribution >= 0.6 is 0 Å². The maximum Gasteiger partial charge on any atom is 0.223 e. The van der Waals surface area contributed by atoms with Crippen LogP contribution in [0.15, 0.2) is 0 Å². The quantitative estimate of drug-likeness (QED) is 0.788. The van der Waals surface area contributed by atoms with Gasteiger partial charge in [-0.3, -0.25) is 4.79 Å². The predicted molar refractivity (Wildman–Crippen MR) is 72.3 cm³/mol. The SMILES string of the molecule is O=C(NC1C2CNCC21)C1C2CC3CC(C2)CC1C3. The molecule has 0 spiro atoms. The van der Waals surface area contributed by atoms with Gasteiger partial charge in [0.2, 0.25) is 5.91 Å². The van der Waals surface area contributed by atoms with Gasteiger partial charge in [-0.1, -0.05) is 0 Å². The molecule has 0 aromatic rings. The van der Waals surface area contributed by atoms with Gasteiger partial charge in [0, 0.05) is 25.0 Å². The summed E-state index contributed by atoms with van der Waals surface area (Å²) in [7, 11) is 0. The van der Waals surface area contributed by atoms with Crippen LogP contribution in [0.4, 0.5) is 0 Å². The van der Waals surface area contributed by atoms with Gasteiger partial charge in [-0.15, -0.1) is 0 Å². The molecule has 1 heterocycles. The van der Waals surface area contributed by atoms with Crippen LogP contribution in [-0.4, -0.2) is 25.0 Å². The summed E-state index contributed by atoms with van der Waals surface area (Å²) in [5.74, 6) is 5.70. The van der Waals surface area contributed by atoms with E-state index in [9.17, 15) is 4.79 Å². The van der Waals surface area contributed by atoms with E-state index in [1.165, 1.54) is 32.1 Å². The van der Waals surface area contributed by atoms with Crippen LogP contribution in [0.2, 0.25) is 0 Å². The highest BCUT2D eigenvalue weighted by molar-refractivity contribution is 5.80. The number of carbonyl (C=O) groups excluding carboxylic acids is 1. The predicted octanol–water partition coefficient (Wildman–Crippen LogP) is 1.39. The summed E-state index contributed by atoms with van der Waals surface area (Å²) in [5.41, 5.74) is 0. The highest BCUT2D eigenvalue weighted by Crippen LogP contribution is 2.56. The number of hydrogen-bond donors (Lipinski definition) is 2. The summed E-state index contributed by atoms with van der Waals surface area (Å²) in [5, 5.41) is 6.81. The molecule has 4 bridgehead atoms. The standard InChI is InChI=1S/C16H24N2O/c19-16(18-15-12-6-17-7-13(12)15)14-10-2-8-1-9(4-10)5-11(14)3-8/h8-15,17H,1-7H2,(H,18,19). The molecule has 0 aromatic heterocycles. The zero-order valence-corrected chi connectivity index (χ0v) is 11.5. The van der Waals surface area contributed by atoms with Crippen LogP contribution in [0.1, 0.15) is 32.1 Å². The van der Waals surface area contributed by atoms with Crippen LogP contribution in [0.25, 0.3) is 0 Å². The molecule has 2 atom stereocenters. The minimum atomic E-state index is 0.377. The van der Waals surface area contributed by atoms with Gasteiger partial charge in [-0.25, -0.2) is 0 Å². The topological polar surface area (TPSA) is 41.1 Å². The van der Waals surface area contributed by atoms with Crippen molar-refractivity contribution in [1.29, 1.82) is 0 Å². The molecule has 6 aliphatic rings. The first kappa shape index (κ1) is 11.1. The number of hydrogen-bond acceptors (Lipinski definition) is 2. The lowest BCUT2D eigenvalue weighted by atomic mass is 9.51. The molecule has 5 saturated carbocycles. The number of amides is 1. The Morgan fingerprint density at radius 3 is 2.05 bits per heavy atom. The zero-order chi connectivity index (χ0) is 12.6. The van der Waals surface area contributed by atoms with E-state index in [1.54, 1.807) is 0 Å².